The highest BCUT2D eigenvalue weighted by molar-refractivity contribution is 9.10. The first-order valence-corrected chi connectivity index (χ1v) is 12.2. The molecule has 3 aromatic carbocycles. The molecule has 190 valence electrons. The molecule has 2 amide bonds. The molecule has 2 N–H and O–H groups in total. The van der Waals surface area contributed by atoms with Gasteiger partial charge in [0.25, 0.3) is 5.91 Å². The normalized spacial score (nSPS) is 16.8. The third kappa shape index (κ3) is 5.45. The van der Waals surface area contributed by atoms with E-state index in [1.54, 1.807) is 37.3 Å². The van der Waals surface area contributed by atoms with E-state index in [0.29, 0.717) is 11.3 Å². The van der Waals surface area contributed by atoms with Crippen LogP contribution in [0.5, 0.6) is 0 Å². The van der Waals surface area contributed by atoms with E-state index in [1.807, 2.05) is 0 Å². The van der Waals surface area contributed by atoms with Crippen molar-refractivity contribution in [3.05, 3.63) is 99.3 Å². The summed E-state index contributed by atoms with van der Waals surface area (Å²) in [5, 5.41) is 19.8. The maximum atomic E-state index is 13.6. The number of aliphatic hydroxyl groups is 1. The molecule has 1 aliphatic heterocycles. The van der Waals surface area contributed by atoms with Crippen molar-refractivity contribution in [3.63, 3.8) is 0 Å². The maximum absolute atomic E-state index is 13.6. The molecule has 0 saturated heterocycles. The number of hydrogen-bond acceptors (Lipinski definition) is 6. The monoisotopic (exact) mass is 567 g/mol. The molecule has 0 bridgehead atoms. The fourth-order valence-electron chi connectivity index (χ4n) is 3.98. The number of halogens is 2. The Kier molecular flexibility index (Phi) is 7.51. The standard InChI is InChI=1S/C27H23BrFN3O5/c1-3-37-26(35)22-14-18(6-13-23(22)30-16(2)33)24-15-27(36,19-7-11-21(29)12-8-19)32(31-24)25(34)17-4-9-20(28)10-5-17/h4-14,36H,3,15H2,1-2H3,(H,30,33). The summed E-state index contributed by atoms with van der Waals surface area (Å²) >= 11 is 3.33. The highest BCUT2D eigenvalue weighted by Crippen LogP contribution is 2.38. The number of anilines is 1. The van der Waals surface area contributed by atoms with Crippen LogP contribution in [0.2, 0.25) is 0 Å². The Balaban J connectivity index is 1.80. The molecule has 3 aromatic rings. The van der Waals surface area contributed by atoms with Gasteiger partial charge in [0, 0.05) is 28.9 Å². The van der Waals surface area contributed by atoms with E-state index in [2.05, 4.69) is 26.3 Å². The number of nitrogens with one attached hydrogen (secondary N) is 1. The third-order valence-electron chi connectivity index (χ3n) is 5.73. The zero-order chi connectivity index (χ0) is 26.7. The van der Waals surface area contributed by atoms with Crippen molar-refractivity contribution in [2.75, 3.05) is 11.9 Å². The number of carbonyl (C=O) groups excluding carboxylic acids is 3. The van der Waals surface area contributed by atoms with E-state index >= 15 is 0 Å². The summed E-state index contributed by atoms with van der Waals surface area (Å²) in [4.78, 5) is 37.7. The number of ether oxygens (including phenoxy) is 1. The number of hydrazone groups is 1. The van der Waals surface area contributed by atoms with Gasteiger partial charge in [0.15, 0.2) is 5.72 Å². The van der Waals surface area contributed by atoms with Crippen molar-refractivity contribution in [2.45, 2.75) is 26.0 Å². The van der Waals surface area contributed by atoms with Crippen molar-refractivity contribution in [1.29, 1.82) is 0 Å². The summed E-state index contributed by atoms with van der Waals surface area (Å²) in [6.45, 7) is 3.11. The second-order valence-corrected chi connectivity index (χ2v) is 9.25. The summed E-state index contributed by atoms with van der Waals surface area (Å²) < 4.78 is 19.5. The molecule has 1 aliphatic rings. The first-order chi connectivity index (χ1) is 17.6. The van der Waals surface area contributed by atoms with Crippen molar-refractivity contribution in [2.24, 2.45) is 5.10 Å². The molecule has 1 unspecified atom stereocenters. The predicted octanol–water partition coefficient (Wildman–Crippen LogP) is 4.82. The summed E-state index contributed by atoms with van der Waals surface area (Å²) in [5.74, 6) is -2.09. The van der Waals surface area contributed by atoms with Gasteiger partial charge >= 0.3 is 5.97 Å². The molecule has 37 heavy (non-hydrogen) atoms. The zero-order valence-electron chi connectivity index (χ0n) is 20.0. The van der Waals surface area contributed by atoms with Crippen molar-refractivity contribution < 1.29 is 28.6 Å². The van der Waals surface area contributed by atoms with E-state index in [1.165, 1.54) is 43.3 Å². The van der Waals surface area contributed by atoms with Crippen LogP contribution in [0.1, 0.15) is 52.1 Å². The van der Waals surface area contributed by atoms with Gasteiger partial charge in [-0.3, -0.25) is 9.59 Å². The van der Waals surface area contributed by atoms with Gasteiger partial charge in [0.1, 0.15) is 5.82 Å². The van der Waals surface area contributed by atoms with Gasteiger partial charge < -0.3 is 15.2 Å². The van der Waals surface area contributed by atoms with Crippen molar-refractivity contribution >= 4 is 45.1 Å². The molecule has 1 heterocycles. The van der Waals surface area contributed by atoms with E-state index < -0.39 is 23.4 Å². The van der Waals surface area contributed by atoms with Crippen molar-refractivity contribution in [1.82, 2.24) is 5.01 Å². The van der Waals surface area contributed by atoms with E-state index in [-0.39, 0.29) is 41.3 Å². The van der Waals surface area contributed by atoms with Gasteiger partial charge in [0.05, 0.1) is 23.6 Å². The molecule has 4 rings (SSSR count). The lowest BCUT2D eigenvalue weighted by Gasteiger charge is -2.31. The molecule has 0 fully saturated rings. The van der Waals surface area contributed by atoms with Gasteiger partial charge in [-0.2, -0.15) is 10.1 Å². The zero-order valence-corrected chi connectivity index (χ0v) is 21.6. The second kappa shape index (κ2) is 10.6. The molecule has 0 aromatic heterocycles. The van der Waals surface area contributed by atoms with Crippen LogP contribution in [0.25, 0.3) is 0 Å². The lowest BCUT2D eigenvalue weighted by molar-refractivity contribution is -0.114. The van der Waals surface area contributed by atoms with Gasteiger partial charge in [-0.1, -0.05) is 34.1 Å². The van der Waals surface area contributed by atoms with Gasteiger partial charge in [-0.25, -0.2) is 9.18 Å². The van der Waals surface area contributed by atoms with Crippen molar-refractivity contribution in [3.8, 4) is 0 Å². The molecule has 0 saturated carbocycles. The highest BCUT2D eigenvalue weighted by atomic mass is 79.9. The minimum atomic E-state index is -1.92. The Bertz CT molecular complexity index is 1390. The molecular weight excluding hydrogens is 545 g/mol. The first kappa shape index (κ1) is 26.2. The SMILES string of the molecule is CCOC(=O)c1cc(C2=NN(C(=O)c3ccc(Br)cc3)C(O)(c3ccc(F)cc3)C2)ccc1NC(C)=O. The summed E-state index contributed by atoms with van der Waals surface area (Å²) in [6, 6.07) is 16.4. The van der Waals surface area contributed by atoms with Crippen LogP contribution in [0.15, 0.2) is 76.3 Å². The van der Waals surface area contributed by atoms with Gasteiger partial charge in [-0.15, -0.1) is 0 Å². The number of amides is 2. The fourth-order valence-corrected chi connectivity index (χ4v) is 4.24. The maximum Gasteiger partial charge on any atom is 0.340 e. The van der Waals surface area contributed by atoms with Crippen LogP contribution in [-0.4, -0.2) is 40.2 Å². The molecule has 10 heteroatoms. The van der Waals surface area contributed by atoms with Crippen LogP contribution < -0.4 is 5.32 Å². The van der Waals surface area contributed by atoms with Crippen LogP contribution >= 0.6 is 15.9 Å². The second-order valence-electron chi connectivity index (χ2n) is 8.33. The number of rotatable bonds is 6. The predicted molar refractivity (Wildman–Crippen MR) is 138 cm³/mol. The Morgan fingerprint density at radius 2 is 1.78 bits per heavy atom. The third-order valence-corrected chi connectivity index (χ3v) is 6.26. The first-order valence-electron chi connectivity index (χ1n) is 11.4. The van der Waals surface area contributed by atoms with E-state index in [9.17, 15) is 23.9 Å². The summed E-state index contributed by atoms with van der Waals surface area (Å²) in [5.41, 5.74) is -0.292. The highest BCUT2D eigenvalue weighted by Gasteiger charge is 2.46. The Labute approximate surface area is 220 Å². The van der Waals surface area contributed by atoms with Gasteiger partial charge in [-0.05, 0) is 61.0 Å². The number of carbonyl (C=O) groups is 3. The van der Waals surface area contributed by atoms with Crippen LogP contribution in [0, 0.1) is 5.82 Å². The molecule has 0 radical (unpaired) electrons. The fraction of sp³-hybridized carbons (Fsp3) is 0.185. The molecule has 0 aliphatic carbocycles. The van der Waals surface area contributed by atoms with Crippen LogP contribution in [0.3, 0.4) is 0 Å². The quantitative estimate of drug-likeness (QED) is 0.415. The number of nitrogens with zero attached hydrogens (tertiary/aromatic N) is 2. The molecule has 1 atom stereocenters. The minimum absolute atomic E-state index is 0.0975. The molecular formula is C27H23BrFN3O5. The summed E-state index contributed by atoms with van der Waals surface area (Å²) in [6.07, 6.45) is -0.136. The largest absolute Gasteiger partial charge is 0.462 e. The van der Waals surface area contributed by atoms with Crippen LogP contribution in [0.4, 0.5) is 10.1 Å². The average Bonchev–Trinajstić information content (AvgIpc) is 3.23. The minimum Gasteiger partial charge on any atom is -0.462 e. The lowest BCUT2D eigenvalue weighted by Crippen LogP contribution is -2.43. The van der Waals surface area contributed by atoms with E-state index in [0.717, 1.165) is 9.48 Å². The van der Waals surface area contributed by atoms with Crippen LogP contribution in [-0.2, 0) is 15.3 Å². The number of hydrogen-bond donors (Lipinski definition) is 2. The van der Waals surface area contributed by atoms with E-state index in [4.69, 9.17) is 4.74 Å². The Morgan fingerprint density at radius 1 is 1.11 bits per heavy atom. The Hall–Kier alpha value is -3.89. The summed E-state index contributed by atoms with van der Waals surface area (Å²) in [7, 11) is 0. The van der Waals surface area contributed by atoms with Gasteiger partial charge in [0.2, 0.25) is 5.91 Å². The average molecular weight is 568 g/mol. The number of benzene rings is 3. The Morgan fingerprint density at radius 3 is 2.41 bits per heavy atom. The molecule has 8 nitrogen and oxygen atoms in total. The smallest absolute Gasteiger partial charge is 0.340 e. The molecule has 0 spiro atoms. The number of esters is 1. The lowest BCUT2D eigenvalue weighted by atomic mass is 9.93. The topological polar surface area (TPSA) is 108 Å².